The van der Waals surface area contributed by atoms with Crippen molar-refractivity contribution in [3.63, 3.8) is 0 Å². The molecule has 9 heteroatoms. The number of carboxylic acid groups (broad SMARTS) is 1. The van der Waals surface area contributed by atoms with Gasteiger partial charge >= 0.3 is 5.97 Å². The van der Waals surface area contributed by atoms with Crippen LogP contribution in [0.15, 0.2) is 41.8 Å². The average molecular weight is 592 g/mol. The van der Waals surface area contributed by atoms with Crippen molar-refractivity contribution in [3.8, 4) is 17.0 Å². The first-order chi connectivity index (χ1) is 20.0. The number of thiazole rings is 1. The largest absolute Gasteiger partial charge is 0.488 e. The smallest absolute Gasteiger partial charge is 0.307 e. The minimum atomic E-state index is -0.658. The Labute approximate surface area is 252 Å². The predicted octanol–water partition coefficient (Wildman–Crippen LogP) is 5.64. The average Bonchev–Trinajstić information content (AvgIpc) is 3.55. The molecule has 2 N–H and O–H groups in total. The molecule has 2 aromatic carbocycles. The molecule has 2 heterocycles. The zero-order valence-electron chi connectivity index (χ0n) is 25.1. The number of aryl methyl sites for hydroxylation is 2. The summed E-state index contributed by atoms with van der Waals surface area (Å²) < 4.78 is 6.34. The molecule has 42 heavy (non-hydrogen) atoms. The highest BCUT2D eigenvalue weighted by molar-refractivity contribution is 7.14. The fourth-order valence-electron chi connectivity index (χ4n) is 6.42. The molecule has 2 unspecified atom stereocenters. The summed E-state index contributed by atoms with van der Waals surface area (Å²) in [7, 11) is 1.76. The number of ether oxygens (including phenoxy) is 1. The number of rotatable bonds is 10. The molecular weight excluding hydrogens is 550 g/mol. The van der Waals surface area contributed by atoms with Gasteiger partial charge in [0.2, 0.25) is 0 Å². The normalized spacial score (nSPS) is 20.0. The number of amides is 1. The number of aliphatic carboxylic acids is 1. The minimum Gasteiger partial charge on any atom is -0.488 e. The van der Waals surface area contributed by atoms with Crippen molar-refractivity contribution in [3.05, 3.63) is 64.0 Å². The Morgan fingerprint density at radius 1 is 1.12 bits per heavy atom. The molecule has 2 fully saturated rings. The maximum Gasteiger partial charge on any atom is 0.307 e. The highest BCUT2D eigenvalue weighted by Gasteiger charge is 2.46. The van der Waals surface area contributed by atoms with Crippen molar-refractivity contribution in [1.82, 2.24) is 9.88 Å². The number of hydrogen-bond donors (Lipinski definition) is 2. The van der Waals surface area contributed by atoms with Crippen LogP contribution < -0.4 is 9.64 Å². The van der Waals surface area contributed by atoms with E-state index >= 15 is 0 Å². The molecule has 1 aliphatic heterocycles. The summed E-state index contributed by atoms with van der Waals surface area (Å²) in [4.78, 5) is 33.7. The first kappa shape index (κ1) is 30.0. The van der Waals surface area contributed by atoms with Crippen molar-refractivity contribution >= 4 is 28.3 Å². The fourth-order valence-corrected chi connectivity index (χ4v) is 7.26. The van der Waals surface area contributed by atoms with Crippen LogP contribution in [0.5, 0.6) is 5.75 Å². The van der Waals surface area contributed by atoms with E-state index in [0.29, 0.717) is 18.7 Å². The number of nitrogens with zero attached hydrogens (tertiary/aromatic N) is 3. The van der Waals surface area contributed by atoms with E-state index in [0.717, 1.165) is 64.8 Å². The summed E-state index contributed by atoms with van der Waals surface area (Å²) in [6, 6.07) is 11.8. The van der Waals surface area contributed by atoms with Crippen molar-refractivity contribution in [2.45, 2.75) is 47.1 Å². The molecule has 5 rings (SSSR count). The number of anilines is 1. The van der Waals surface area contributed by atoms with Gasteiger partial charge in [-0.1, -0.05) is 31.5 Å². The lowest BCUT2D eigenvalue weighted by atomic mass is 9.85. The number of aliphatic hydroxyl groups excluding tert-OH is 1. The molecule has 1 amide bonds. The van der Waals surface area contributed by atoms with Gasteiger partial charge in [-0.3, -0.25) is 9.59 Å². The Kier molecular flexibility index (Phi) is 8.62. The van der Waals surface area contributed by atoms with Crippen LogP contribution >= 0.6 is 11.3 Å². The van der Waals surface area contributed by atoms with Gasteiger partial charge < -0.3 is 24.7 Å². The Morgan fingerprint density at radius 3 is 2.48 bits per heavy atom. The third-order valence-electron chi connectivity index (χ3n) is 8.71. The SMILES string of the molecule is Cc1ccc(OCc2ccc(C(=O)N(C)CC(C)(C)CO)cc2C)c(-c2csc(N3CC4CC[C@@H](C3)C4C(=O)O)n2)c1. The minimum absolute atomic E-state index is 0.00946. The topological polar surface area (TPSA) is 103 Å². The molecule has 3 aromatic rings. The summed E-state index contributed by atoms with van der Waals surface area (Å²) in [5, 5.41) is 22.2. The second-order valence-corrected chi connectivity index (χ2v) is 13.6. The summed E-state index contributed by atoms with van der Waals surface area (Å²) in [6.07, 6.45) is 1.94. The second-order valence-electron chi connectivity index (χ2n) is 12.8. The molecule has 3 atom stereocenters. The van der Waals surface area contributed by atoms with Crippen LogP contribution in [0.1, 0.15) is 53.7 Å². The number of piperidine rings is 1. The van der Waals surface area contributed by atoms with Gasteiger partial charge in [0.15, 0.2) is 5.13 Å². The van der Waals surface area contributed by atoms with E-state index in [4.69, 9.17) is 9.72 Å². The lowest BCUT2D eigenvalue weighted by molar-refractivity contribution is -0.144. The number of carboxylic acids is 1. The fraction of sp³-hybridized carbons (Fsp3) is 0.485. The number of fused-ring (bicyclic) bond motifs is 2. The number of benzene rings is 2. The van der Waals surface area contributed by atoms with E-state index in [2.05, 4.69) is 16.3 Å². The maximum atomic E-state index is 13.0. The van der Waals surface area contributed by atoms with E-state index in [1.54, 1.807) is 23.3 Å². The van der Waals surface area contributed by atoms with Crippen molar-refractivity contribution in [2.24, 2.45) is 23.2 Å². The van der Waals surface area contributed by atoms with Crippen LogP contribution in [0.3, 0.4) is 0 Å². The summed E-state index contributed by atoms with van der Waals surface area (Å²) in [6.45, 7) is 10.2. The molecule has 1 aliphatic carbocycles. The van der Waals surface area contributed by atoms with Crippen LogP contribution in [0, 0.1) is 37.0 Å². The van der Waals surface area contributed by atoms with E-state index in [1.165, 1.54) is 0 Å². The van der Waals surface area contributed by atoms with Crippen LogP contribution in [-0.2, 0) is 11.4 Å². The third kappa shape index (κ3) is 6.32. The van der Waals surface area contributed by atoms with Gasteiger partial charge in [-0.25, -0.2) is 4.98 Å². The second kappa shape index (κ2) is 12.1. The zero-order chi connectivity index (χ0) is 30.2. The molecular formula is C33H41N3O5S. The van der Waals surface area contributed by atoms with E-state index < -0.39 is 5.97 Å². The van der Waals surface area contributed by atoms with Crippen LogP contribution in [0.25, 0.3) is 11.3 Å². The van der Waals surface area contributed by atoms with Gasteiger partial charge in [-0.05, 0) is 73.9 Å². The number of carbonyl (C=O) groups is 2. The number of aliphatic hydroxyl groups is 1. The molecule has 2 aliphatic rings. The zero-order valence-corrected chi connectivity index (χ0v) is 25.9. The number of aromatic nitrogens is 1. The van der Waals surface area contributed by atoms with Crippen molar-refractivity contribution < 1.29 is 24.5 Å². The molecule has 2 bridgehead atoms. The first-order valence-electron chi connectivity index (χ1n) is 14.6. The van der Waals surface area contributed by atoms with Gasteiger partial charge in [-0.2, -0.15) is 0 Å². The molecule has 1 saturated heterocycles. The maximum absolute atomic E-state index is 13.0. The van der Waals surface area contributed by atoms with E-state index in [1.807, 2.05) is 58.0 Å². The standard InChI is InChI=1S/C33H41N3O5S/c1-20-6-11-28(41-16-25-10-7-22(13-21(25)2)30(38)35(5)18-33(3,4)19-37)26(12-20)27-17-42-32(34-27)36-14-23-8-9-24(15-36)29(23)31(39)40/h6-7,10-13,17,23-24,29,37H,8-9,14-16,18-19H2,1-5H3,(H,39,40)/t23-,24?,29?/m0/s1. The molecule has 0 spiro atoms. The molecule has 224 valence electrons. The molecule has 0 radical (unpaired) electrons. The lowest BCUT2D eigenvalue weighted by Crippen LogP contribution is -2.44. The van der Waals surface area contributed by atoms with Crippen LogP contribution in [0.4, 0.5) is 5.13 Å². The predicted molar refractivity (Wildman–Crippen MR) is 165 cm³/mol. The monoisotopic (exact) mass is 591 g/mol. The molecule has 8 nitrogen and oxygen atoms in total. The van der Waals surface area contributed by atoms with Gasteiger partial charge in [0, 0.05) is 55.2 Å². The highest BCUT2D eigenvalue weighted by atomic mass is 32.1. The quantitative estimate of drug-likeness (QED) is 0.314. The lowest BCUT2D eigenvalue weighted by Gasteiger charge is -2.35. The van der Waals surface area contributed by atoms with Crippen molar-refractivity contribution in [1.29, 1.82) is 0 Å². The van der Waals surface area contributed by atoms with Crippen molar-refractivity contribution in [2.75, 3.05) is 38.2 Å². The van der Waals surface area contributed by atoms with Gasteiger partial charge in [0.25, 0.3) is 5.91 Å². The van der Waals surface area contributed by atoms with E-state index in [-0.39, 0.29) is 35.7 Å². The van der Waals surface area contributed by atoms with Crippen LogP contribution in [-0.4, -0.2) is 65.3 Å². The first-order valence-corrected chi connectivity index (χ1v) is 15.5. The Bertz CT molecular complexity index is 1450. The summed E-state index contributed by atoms with van der Waals surface area (Å²) in [5.74, 6) is 0.148. The Hall–Kier alpha value is -3.43. The highest BCUT2D eigenvalue weighted by Crippen LogP contribution is 2.44. The third-order valence-corrected chi connectivity index (χ3v) is 9.61. The molecule has 1 aromatic heterocycles. The Morgan fingerprint density at radius 2 is 1.83 bits per heavy atom. The molecule has 1 saturated carbocycles. The van der Waals surface area contributed by atoms with E-state index in [9.17, 15) is 19.8 Å². The Balaban J connectivity index is 1.28. The summed E-state index contributed by atoms with van der Waals surface area (Å²) in [5.41, 5.74) is 5.10. The van der Waals surface area contributed by atoms with Gasteiger partial charge in [-0.15, -0.1) is 11.3 Å². The van der Waals surface area contributed by atoms with Gasteiger partial charge in [0.05, 0.1) is 11.6 Å². The summed E-state index contributed by atoms with van der Waals surface area (Å²) >= 11 is 1.60. The van der Waals surface area contributed by atoms with Crippen LogP contribution in [0.2, 0.25) is 0 Å². The number of carbonyl (C=O) groups excluding carboxylic acids is 1. The number of hydrogen-bond acceptors (Lipinski definition) is 7. The van der Waals surface area contributed by atoms with Gasteiger partial charge in [0.1, 0.15) is 12.4 Å².